The molecule has 2 aromatic carbocycles. The summed E-state index contributed by atoms with van der Waals surface area (Å²) in [6.45, 7) is 0. The zero-order valence-electron chi connectivity index (χ0n) is 9.19. The lowest BCUT2D eigenvalue weighted by Crippen LogP contribution is -1.94. The number of carbonyl (C=O) groups is 2. The van der Waals surface area contributed by atoms with Crippen LogP contribution in [-0.2, 0) is 0 Å². The Hall–Kier alpha value is -1.26. The number of aldehydes is 2. The lowest BCUT2D eigenvalue weighted by Gasteiger charge is -2.10. The van der Waals surface area contributed by atoms with Crippen molar-refractivity contribution in [2.24, 2.45) is 0 Å². The Bertz CT molecular complexity index is 566. The predicted octanol–water partition coefficient (Wildman–Crippen LogP) is 4.50. The van der Waals surface area contributed by atoms with Crippen LogP contribution in [-0.4, -0.2) is 12.6 Å². The molecule has 0 aliphatic carbocycles. The van der Waals surface area contributed by atoms with Crippen LogP contribution in [0.2, 0.25) is 0 Å². The number of carbonyl (C=O) groups excluding carboxylic acids is 2. The molecule has 0 radical (unpaired) electrons. The van der Waals surface area contributed by atoms with E-state index in [1.165, 1.54) is 0 Å². The van der Waals surface area contributed by atoms with Gasteiger partial charge in [-0.3, -0.25) is 9.59 Å². The number of hydrogen-bond donors (Lipinski definition) is 0. The summed E-state index contributed by atoms with van der Waals surface area (Å²) in [4.78, 5) is 22.4. The molecule has 0 spiro atoms. The molecule has 18 heavy (non-hydrogen) atoms. The molecule has 0 aliphatic rings. The zero-order chi connectivity index (χ0) is 13.1. The van der Waals surface area contributed by atoms with E-state index in [1.807, 2.05) is 24.3 Å². The molecule has 0 aliphatic heterocycles. The summed E-state index contributed by atoms with van der Waals surface area (Å²) in [6, 6.07) is 10.9. The van der Waals surface area contributed by atoms with Crippen LogP contribution >= 0.6 is 31.9 Å². The minimum absolute atomic E-state index is 0.540. The van der Waals surface area contributed by atoms with Crippen molar-refractivity contribution in [3.8, 4) is 11.1 Å². The van der Waals surface area contributed by atoms with Crippen molar-refractivity contribution in [1.29, 1.82) is 0 Å². The zero-order valence-corrected chi connectivity index (χ0v) is 12.4. The summed E-state index contributed by atoms with van der Waals surface area (Å²) in [5.41, 5.74) is 2.56. The van der Waals surface area contributed by atoms with E-state index in [-0.39, 0.29) is 0 Å². The molecule has 2 nitrogen and oxygen atoms in total. The van der Waals surface area contributed by atoms with Crippen LogP contribution in [0.1, 0.15) is 20.7 Å². The second-order valence-corrected chi connectivity index (χ2v) is 5.35. The first-order valence-corrected chi connectivity index (χ1v) is 6.75. The van der Waals surface area contributed by atoms with Crippen molar-refractivity contribution < 1.29 is 9.59 Å². The van der Waals surface area contributed by atoms with Gasteiger partial charge in [0, 0.05) is 20.1 Å². The highest BCUT2D eigenvalue weighted by Gasteiger charge is 2.13. The van der Waals surface area contributed by atoms with Gasteiger partial charge in [-0.1, -0.05) is 56.1 Å². The van der Waals surface area contributed by atoms with Crippen LogP contribution in [0.5, 0.6) is 0 Å². The van der Waals surface area contributed by atoms with Crippen molar-refractivity contribution in [3.63, 3.8) is 0 Å². The Balaban J connectivity index is 2.77. The van der Waals surface area contributed by atoms with E-state index >= 15 is 0 Å². The third-order valence-electron chi connectivity index (χ3n) is 2.63. The van der Waals surface area contributed by atoms with E-state index in [0.29, 0.717) is 20.1 Å². The van der Waals surface area contributed by atoms with Crippen LogP contribution in [0.25, 0.3) is 11.1 Å². The fraction of sp³-hybridized carbons (Fsp3) is 0. The molecular formula is C14H8Br2O2. The van der Waals surface area contributed by atoms with Crippen LogP contribution in [0.3, 0.4) is 0 Å². The summed E-state index contributed by atoms with van der Waals surface area (Å²) in [5.74, 6) is 0. The van der Waals surface area contributed by atoms with Crippen LogP contribution in [0, 0.1) is 0 Å². The normalized spacial score (nSPS) is 10.1. The molecular weight excluding hydrogens is 360 g/mol. The van der Waals surface area contributed by atoms with Gasteiger partial charge in [-0.15, -0.1) is 0 Å². The Labute approximate surface area is 121 Å². The lowest BCUT2D eigenvalue weighted by molar-refractivity contribution is 0.111. The van der Waals surface area contributed by atoms with Gasteiger partial charge in [0.1, 0.15) is 0 Å². The first kappa shape index (κ1) is 13.2. The highest BCUT2D eigenvalue weighted by Crippen LogP contribution is 2.32. The van der Waals surface area contributed by atoms with Gasteiger partial charge in [0.2, 0.25) is 0 Å². The van der Waals surface area contributed by atoms with Gasteiger partial charge in [0.25, 0.3) is 0 Å². The van der Waals surface area contributed by atoms with Gasteiger partial charge < -0.3 is 0 Å². The average molecular weight is 368 g/mol. The van der Waals surface area contributed by atoms with Crippen LogP contribution in [0.15, 0.2) is 45.3 Å². The number of rotatable bonds is 3. The minimum Gasteiger partial charge on any atom is -0.298 e. The van der Waals surface area contributed by atoms with E-state index in [2.05, 4.69) is 31.9 Å². The molecule has 90 valence electrons. The first-order chi connectivity index (χ1) is 8.69. The first-order valence-electron chi connectivity index (χ1n) is 5.16. The van der Waals surface area contributed by atoms with Crippen LogP contribution in [0.4, 0.5) is 0 Å². The quantitative estimate of drug-likeness (QED) is 0.748. The van der Waals surface area contributed by atoms with E-state index in [0.717, 1.165) is 23.7 Å². The highest BCUT2D eigenvalue weighted by atomic mass is 79.9. The molecule has 4 heteroatoms. The minimum atomic E-state index is 0.540. The smallest absolute Gasteiger partial charge is 0.151 e. The Morgan fingerprint density at radius 1 is 0.722 bits per heavy atom. The summed E-state index contributed by atoms with van der Waals surface area (Å²) in [5, 5.41) is 0. The Morgan fingerprint density at radius 3 is 1.44 bits per heavy atom. The Morgan fingerprint density at radius 2 is 1.11 bits per heavy atom. The molecule has 0 unspecified atom stereocenters. The van der Waals surface area contributed by atoms with Gasteiger partial charge in [-0.25, -0.2) is 0 Å². The molecule has 2 aromatic rings. The Kier molecular flexibility index (Phi) is 4.09. The molecule has 0 N–H and O–H groups in total. The second-order valence-electron chi connectivity index (χ2n) is 3.64. The van der Waals surface area contributed by atoms with E-state index in [1.54, 1.807) is 12.1 Å². The van der Waals surface area contributed by atoms with Crippen LogP contribution < -0.4 is 0 Å². The SMILES string of the molecule is O=Cc1c(Br)cccc1-c1cccc(Br)c1C=O. The van der Waals surface area contributed by atoms with Gasteiger partial charge in [0.05, 0.1) is 0 Å². The van der Waals surface area contributed by atoms with Crippen molar-refractivity contribution in [2.75, 3.05) is 0 Å². The standard InChI is InChI=1S/C14H8Br2O2/c15-13-5-1-3-9(11(13)7-17)10-4-2-6-14(16)12(10)8-18/h1-8H. The predicted molar refractivity (Wildman–Crippen MR) is 78.1 cm³/mol. The molecule has 0 atom stereocenters. The second kappa shape index (κ2) is 5.59. The molecule has 0 amide bonds. The van der Waals surface area contributed by atoms with Crippen molar-refractivity contribution in [1.82, 2.24) is 0 Å². The number of benzene rings is 2. The summed E-state index contributed by atoms with van der Waals surface area (Å²) in [6.07, 6.45) is 1.57. The van der Waals surface area contributed by atoms with Crippen molar-refractivity contribution in [2.45, 2.75) is 0 Å². The molecule has 0 saturated heterocycles. The van der Waals surface area contributed by atoms with E-state index < -0.39 is 0 Å². The maximum atomic E-state index is 11.2. The fourth-order valence-electron chi connectivity index (χ4n) is 1.78. The van der Waals surface area contributed by atoms with Gasteiger partial charge in [-0.05, 0) is 23.3 Å². The number of halogens is 2. The van der Waals surface area contributed by atoms with Gasteiger partial charge in [0.15, 0.2) is 12.6 Å². The summed E-state index contributed by atoms with van der Waals surface area (Å²) in [7, 11) is 0. The third-order valence-corrected chi connectivity index (χ3v) is 4.01. The highest BCUT2D eigenvalue weighted by molar-refractivity contribution is 9.10. The fourth-order valence-corrected chi connectivity index (χ4v) is 2.70. The molecule has 0 aromatic heterocycles. The molecule has 0 saturated carbocycles. The molecule has 0 bridgehead atoms. The maximum Gasteiger partial charge on any atom is 0.151 e. The molecule has 2 rings (SSSR count). The number of hydrogen-bond acceptors (Lipinski definition) is 2. The van der Waals surface area contributed by atoms with Crippen molar-refractivity contribution in [3.05, 3.63) is 56.5 Å². The topological polar surface area (TPSA) is 34.1 Å². The summed E-state index contributed by atoms with van der Waals surface area (Å²) < 4.78 is 1.43. The van der Waals surface area contributed by atoms with E-state index in [9.17, 15) is 9.59 Å². The van der Waals surface area contributed by atoms with E-state index in [4.69, 9.17) is 0 Å². The molecule has 0 fully saturated rings. The average Bonchev–Trinajstić information content (AvgIpc) is 2.38. The molecule has 0 heterocycles. The van der Waals surface area contributed by atoms with Gasteiger partial charge in [-0.2, -0.15) is 0 Å². The monoisotopic (exact) mass is 366 g/mol. The maximum absolute atomic E-state index is 11.2. The third kappa shape index (κ3) is 2.31. The van der Waals surface area contributed by atoms with Gasteiger partial charge >= 0.3 is 0 Å². The van der Waals surface area contributed by atoms with Crippen molar-refractivity contribution >= 4 is 44.4 Å². The lowest BCUT2D eigenvalue weighted by atomic mass is 9.96. The largest absolute Gasteiger partial charge is 0.298 e. The summed E-state index contributed by atoms with van der Waals surface area (Å²) >= 11 is 6.68.